The van der Waals surface area contributed by atoms with Crippen LogP contribution < -0.4 is 0 Å². The van der Waals surface area contributed by atoms with Gasteiger partial charge in [0, 0.05) is 19.3 Å². The van der Waals surface area contributed by atoms with Gasteiger partial charge in [0.25, 0.3) is 0 Å². The van der Waals surface area contributed by atoms with Crippen molar-refractivity contribution in [1.29, 1.82) is 0 Å². The molecule has 0 heterocycles. The summed E-state index contributed by atoms with van der Waals surface area (Å²) in [7, 11) is 0. The Bertz CT molecular complexity index is 1180. The van der Waals surface area contributed by atoms with Crippen LogP contribution >= 0.6 is 0 Å². The number of carbonyl (C=O) groups is 3. The minimum absolute atomic E-state index is 0.0795. The summed E-state index contributed by atoms with van der Waals surface area (Å²) in [5.74, 6) is -0.905. The van der Waals surface area contributed by atoms with Gasteiger partial charge in [-0.3, -0.25) is 14.4 Å². The van der Waals surface area contributed by atoms with E-state index in [1.165, 1.54) is 96.3 Å². The first kappa shape index (κ1) is 58.9. The van der Waals surface area contributed by atoms with Gasteiger partial charge in [-0.25, -0.2) is 0 Å². The molecule has 6 heteroatoms. The minimum atomic E-state index is -0.775. The average Bonchev–Trinajstić information content (AvgIpc) is 3.27. The summed E-state index contributed by atoms with van der Waals surface area (Å²) in [6.07, 6.45) is 63.6. The first-order chi connectivity index (χ1) is 30.5. The van der Waals surface area contributed by atoms with Crippen LogP contribution in [0.2, 0.25) is 0 Å². The summed E-state index contributed by atoms with van der Waals surface area (Å²) in [6.45, 7) is 6.40. The standard InChI is InChI=1S/C56H96O6/c1-4-7-10-13-15-17-19-21-22-23-24-25-26-27-28-29-30-31-32-33-34-35-37-38-40-43-46-49-55(58)61-52-53(51-60-54(57)48-45-42-12-9-6-3)62-56(59)50-47-44-41-39-36-20-18-16-14-11-8-5-2/h7,10,15-18,21-22,24-25,27-28,53H,4-6,8-9,11-14,19-20,23,26,29-52H2,1-3H3/b10-7-,17-15-,18-16-,22-21-,25-24-,28-27-. The summed E-state index contributed by atoms with van der Waals surface area (Å²) in [5, 5.41) is 0. The third-order valence-corrected chi connectivity index (χ3v) is 10.9. The molecular weight excluding hydrogens is 769 g/mol. The lowest BCUT2D eigenvalue weighted by Crippen LogP contribution is -2.30. The molecule has 0 saturated heterocycles. The highest BCUT2D eigenvalue weighted by Gasteiger charge is 2.19. The van der Waals surface area contributed by atoms with Crippen molar-refractivity contribution >= 4 is 17.9 Å². The third kappa shape index (κ3) is 47.9. The van der Waals surface area contributed by atoms with E-state index in [-0.39, 0.29) is 31.1 Å². The van der Waals surface area contributed by atoms with Crippen molar-refractivity contribution in [2.24, 2.45) is 0 Å². The molecule has 0 bridgehead atoms. The highest BCUT2D eigenvalue weighted by atomic mass is 16.6. The van der Waals surface area contributed by atoms with Gasteiger partial charge in [-0.05, 0) is 89.9 Å². The van der Waals surface area contributed by atoms with E-state index in [1.54, 1.807) is 0 Å². The number of rotatable bonds is 46. The van der Waals surface area contributed by atoms with Crippen LogP contribution in [0.1, 0.15) is 245 Å². The Morgan fingerprint density at radius 3 is 1.03 bits per heavy atom. The number of hydrogen-bond acceptors (Lipinski definition) is 6. The monoisotopic (exact) mass is 865 g/mol. The zero-order valence-corrected chi connectivity index (χ0v) is 40.6. The van der Waals surface area contributed by atoms with Gasteiger partial charge in [0.05, 0.1) is 0 Å². The number of allylic oxidation sites excluding steroid dienone is 12. The topological polar surface area (TPSA) is 78.9 Å². The van der Waals surface area contributed by atoms with Gasteiger partial charge in [-0.1, -0.05) is 209 Å². The van der Waals surface area contributed by atoms with Gasteiger partial charge in [-0.15, -0.1) is 0 Å². The predicted octanol–water partition coefficient (Wildman–Crippen LogP) is 17.0. The van der Waals surface area contributed by atoms with E-state index >= 15 is 0 Å². The van der Waals surface area contributed by atoms with Crippen LogP contribution in [0, 0.1) is 0 Å². The molecule has 0 fully saturated rings. The lowest BCUT2D eigenvalue weighted by molar-refractivity contribution is -0.167. The summed E-state index contributed by atoms with van der Waals surface area (Å²) in [6, 6.07) is 0. The zero-order valence-electron chi connectivity index (χ0n) is 40.6. The second-order valence-electron chi connectivity index (χ2n) is 17.1. The summed E-state index contributed by atoms with van der Waals surface area (Å²) >= 11 is 0. The zero-order chi connectivity index (χ0) is 45.1. The van der Waals surface area contributed by atoms with Gasteiger partial charge >= 0.3 is 17.9 Å². The summed E-state index contributed by atoms with van der Waals surface area (Å²) < 4.78 is 16.6. The molecular formula is C56H96O6. The van der Waals surface area contributed by atoms with Crippen molar-refractivity contribution < 1.29 is 28.6 Å². The number of ether oxygens (including phenoxy) is 3. The first-order valence-electron chi connectivity index (χ1n) is 25.9. The second kappa shape index (κ2) is 50.5. The Balaban J connectivity index is 4.06. The van der Waals surface area contributed by atoms with Crippen LogP contribution in [0.3, 0.4) is 0 Å². The highest BCUT2D eigenvalue weighted by Crippen LogP contribution is 2.15. The van der Waals surface area contributed by atoms with Gasteiger partial charge in [0.1, 0.15) is 13.2 Å². The van der Waals surface area contributed by atoms with Gasteiger partial charge in [0.2, 0.25) is 0 Å². The van der Waals surface area contributed by atoms with Crippen LogP contribution in [0.15, 0.2) is 72.9 Å². The van der Waals surface area contributed by atoms with E-state index in [0.29, 0.717) is 19.3 Å². The molecule has 0 saturated carbocycles. The molecule has 0 aliphatic carbocycles. The number of esters is 3. The highest BCUT2D eigenvalue weighted by molar-refractivity contribution is 5.71. The van der Waals surface area contributed by atoms with Crippen LogP contribution in [0.25, 0.3) is 0 Å². The Kier molecular flexibility index (Phi) is 47.9. The van der Waals surface area contributed by atoms with E-state index in [4.69, 9.17) is 14.2 Å². The lowest BCUT2D eigenvalue weighted by atomic mass is 10.0. The van der Waals surface area contributed by atoms with Crippen molar-refractivity contribution in [3.8, 4) is 0 Å². The van der Waals surface area contributed by atoms with Gasteiger partial charge in [-0.2, -0.15) is 0 Å². The Morgan fingerprint density at radius 2 is 0.629 bits per heavy atom. The summed E-state index contributed by atoms with van der Waals surface area (Å²) in [4.78, 5) is 37.6. The van der Waals surface area contributed by atoms with Crippen LogP contribution in [-0.4, -0.2) is 37.2 Å². The Hall–Kier alpha value is -3.15. The molecule has 1 unspecified atom stereocenters. The normalized spacial score (nSPS) is 12.6. The van der Waals surface area contributed by atoms with Crippen LogP contribution in [0.4, 0.5) is 0 Å². The number of carbonyl (C=O) groups excluding carboxylic acids is 3. The van der Waals surface area contributed by atoms with E-state index in [1.807, 2.05) is 0 Å². The molecule has 356 valence electrons. The SMILES string of the molecule is CC/C=C\C/C=C\C/C=C\C/C=C\C/C=C\CCCCCCCCCCCCCC(=O)OCC(COC(=O)CCCCCCC)OC(=O)CCCCCCC/C=C\CCCCC. The molecule has 0 N–H and O–H groups in total. The quantitative estimate of drug-likeness (QED) is 0.0262. The molecule has 6 nitrogen and oxygen atoms in total. The minimum Gasteiger partial charge on any atom is -0.462 e. The molecule has 0 aromatic carbocycles. The maximum Gasteiger partial charge on any atom is 0.306 e. The fourth-order valence-electron chi connectivity index (χ4n) is 7.05. The molecule has 0 aromatic heterocycles. The molecule has 0 spiro atoms. The molecule has 1 atom stereocenters. The molecule has 0 aliphatic rings. The van der Waals surface area contributed by atoms with E-state index in [0.717, 1.165) is 109 Å². The molecule has 0 aliphatic heterocycles. The molecule has 0 radical (unpaired) electrons. The summed E-state index contributed by atoms with van der Waals surface area (Å²) in [5.41, 5.74) is 0. The molecule has 0 amide bonds. The number of unbranched alkanes of at least 4 members (excludes halogenated alkanes) is 23. The Labute approximate surface area is 382 Å². The van der Waals surface area contributed by atoms with Crippen molar-refractivity contribution in [3.63, 3.8) is 0 Å². The maximum absolute atomic E-state index is 12.7. The number of hydrogen-bond donors (Lipinski definition) is 0. The average molecular weight is 865 g/mol. The molecule has 0 rings (SSSR count). The predicted molar refractivity (Wildman–Crippen MR) is 265 cm³/mol. The molecule has 0 aromatic rings. The van der Waals surface area contributed by atoms with Crippen molar-refractivity contribution in [2.45, 2.75) is 252 Å². The Morgan fingerprint density at radius 1 is 0.339 bits per heavy atom. The van der Waals surface area contributed by atoms with Crippen molar-refractivity contribution in [1.82, 2.24) is 0 Å². The van der Waals surface area contributed by atoms with Crippen molar-refractivity contribution in [3.05, 3.63) is 72.9 Å². The van der Waals surface area contributed by atoms with Gasteiger partial charge in [0.15, 0.2) is 6.10 Å². The fourth-order valence-corrected chi connectivity index (χ4v) is 7.05. The van der Waals surface area contributed by atoms with Crippen molar-refractivity contribution in [2.75, 3.05) is 13.2 Å². The van der Waals surface area contributed by atoms with Gasteiger partial charge < -0.3 is 14.2 Å². The third-order valence-electron chi connectivity index (χ3n) is 10.9. The smallest absolute Gasteiger partial charge is 0.306 e. The fraction of sp³-hybridized carbons (Fsp3) is 0.732. The van der Waals surface area contributed by atoms with Crippen LogP contribution in [-0.2, 0) is 28.6 Å². The maximum atomic E-state index is 12.7. The molecule has 62 heavy (non-hydrogen) atoms. The van der Waals surface area contributed by atoms with E-state index < -0.39 is 6.10 Å². The second-order valence-corrected chi connectivity index (χ2v) is 17.1. The largest absolute Gasteiger partial charge is 0.462 e. The lowest BCUT2D eigenvalue weighted by Gasteiger charge is -2.18. The first-order valence-corrected chi connectivity index (χ1v) is 25.9. The van der Waals surface area contributed by atoms with E-state index in [9.17, 15) is 14.4 Å². The van der Waals surface area contributed by atoms with E-state index in [2.05, 4.69) is 93.7 Å². The van der Waals surface area contributed by atoms with Crippen LogP contribution in [0.5, 0.6) is 0 Å².